The minimum absolute atomic E-state index is 0.0240. The molecule has 2 unspecified atom stereocenters. The number of nitrogens with zero attached hydrogens (tertiary/aromatic N) is 1. The van der Waals surface area contributed by atoms with Gasteiger partial charge in [-0.2, -0.15) is 0 Å². The van der Waals surface area contributed by atoms with Crippen LogP contribution in [-0.2, 0) is 14.3 Å². The Kier molecular flexibility index (Phi) is 4.29. The molecule has 4 heteroatoms. The molecule has 19 heavy (non-hydrogen) atoms. The zero-order valence-corrected chi connectivity index (χ0v) is 12.3. The van der Waals surface area contributed by atoms with Crippen molar-refractivity contribution < 1.29 is 14.3 Å². The van der Waals surface area contributed by atoms with Gasteiger partial charge in [0.2, 0.25) is 0 Å². The van der Waals surface area contributed by atoms with Crippen LogP contribution in [0.2, 0.25) is 0 Å². The van der Waals surface area contributed by atoms with E-state index in [1.165, 1.54) is 0 Å². The zero-order valence-electron chi connectivity index (χ0n) is 12.3. The molecule has 1 saturated carbocycles. The van der Waals surface area contributed by atoms with Gasteiger partial charge in [-0.25, -0.2) is 0 Å². The van der Waals surface area contributed by atoms with Crippen molar-refractivity contribution in [3.63, 3.8) is 0 Å². The van der Waals surface area contributed by atoms with Gasteiger partial charge in [0.25, 0.3) is 5.91 Å². The van der Waals surface area contributed by atoms with Gasteiger partial charge in [0.15, 0.2) is 0 Å². The minimum Gasteiger partial charge on any atom is -0.369 e. The van der Waals surface area contributed by atoms with Gasteiger partial charge >= 0.3 is 0 Å². The highest BCUT2D eigenvalue weighted by molar-refractivity contribution is 5.87. The molecule has 1 amide bonds. The van der Waals surface area contributed by atoms with Crippen LogP contribution < -0.4 is 0 Å². The highest BCUT2D eigenvalue weighted by Crippen LogP contribution is 2.33. The van der Waals surface area contributed by atoms with E-state index in [1.54, 1.807) is 21.0 Å². The first-order chi connectivity index (χ1) is 8.97. The molecular formula is C15H25NO3. The smallest absolute Gasteiger partial charge is 0.254 e. The summed E-state index contributed by atoms with van der Waals surface area (Å²) in [6.45, 7) is 4.36. The van der Waals surface area contributed by atoms with Crippen molar-refractivity contribution in [3.8, 4) is 0 Å². The Hall–Kier alpha value is -0.900. The van der Waals surface area contributed by atoms with Gasteiger partial charge in [0.05, 0.1) is 0 Å². The number of amides is 1. The minimum atomic E-state index is -0.791. The van der Waals surface area contributed by atoms with Crippen molar-refractivity contribution in [2.45, 2.75) is 64.0 Å². The molecule has 1 aliphatic carbocycles. The summed E-state index contributed by atoms with van der Waals surface area (Å²) in [6.07, 6.45) is 5.72. The predicted octanol–water partition coefficient (Wildman–Crippen LogP) is 2.16. The normalized spacial score (nSPS) is 28.8. The fraction of sp³-hybridized carbons (Fsp3) is 0.867. The first-order valence-corrected chi connectivity index (χ1v) is 7.36. The Morgan fingerprint density at radius 1 is 1.26 bits per heavy atom. The van der Waals surface area contributed by atoms with Crippen LogP contribution in [0.5, 0.6) is 0 Å². The molecule has 0 aromatic carbocycles. The number of carbonyl (C=O) groups excluding carboxylic acids is 2. The number of ether oxygens (including phenoxy) is 1. The summed E-state index contributed by atoms with van der Waals surface area (Å²) in [5.74, 6) is 0.440. The van der Waals surface area contributed by atoms with Gasteiger partial charge in [-0.15, -0.1) is 0 Å². The summed E-state index contributed by atoms with van der Waals surface area (Å²) < 4.78 is 5.30. The number of rotatable bonds is 3. The van der Waals surface area contributed by atoms with Crippen molar-refractivity contribution in [2.75, 3.05) is 13.7 Å². The molecule has 0 aromatic rings. The van der Waals surface area contributed by atoms with Crippen LogP contribution in [0.1, 0.15) is 52.4 Å². The van der Waals surface area contributed by atoms with Gasteiger partial charge in [-0.1, -0.05) is 6.42 Å². The lowest BCUT2D eigenvalue weighted by Crippen LogP contribution is -2.51. The molecule has 1 aliphatic heterocycles. The second-order valence-corrected chi connectivity index (χ2v) is 6.24. The number of methoxy groups -OCH3 is 1. The van der Waals surface area contributed by atoms with E-state index in [2.05, 4.69) is 0 Å². The molecule has 0 N–H and O–H groups in total. The van der Waals surface area contributed by atoms with E-state index in [0.29, 0.717) is 12.2 Å². The molecular weight excluding hydrogens is 242 g/mol. The monoisotopic (exact) mass is 267 g/mol. The molecule has 2 fully saturated rings. The largest absolute Gasteiger partial charge is 0.369 e. The molecule has 1 heterocycles. The van der Waals surface area contributed by atoms with Crippen LogP contribution >= 0.6 is 0 Å². The van der Waals surface area contributed by atoms with E-state index >= 15 is 0 Å². The maximum Gasteiger partial charge on any atom is 0.254 e. The van der Waals surface area contributed by atoms with Gasteiger partial charge < -0.3 is 9.64 Å². The maximum absolute atomic E-state index is 12.5. The van der Waals surface area contributed by atoms with Gasteiger partial charge in [-0.3, -0.25) is 9.59 Å². The molecule has 0 bridgehead atoms. The second kappa shape index (κ2) is 5.61. The number of carbonyl (C=O) groups is 2. The lowest BCUT2D eigenvalue weighted by molar-refractivity contribution is -0.153. The van der Waals surface area contributed by atoms with E-state index in [4.69, 9.17) is 4.74 Å². The van der Waals surface area contributed by atoms with Crippen LogP contribution in [0.4, 0.5) is 0 Å². The number of ketones is 1. The third-order valence-electron chi connectivity index (χ3n) is 4.65. The number of Topliss-reactive ketones (excluding diaryl/α,β-unsaturated/α-hetero) is 1. The summed E-state index contributed by atoms with van der Waals surface area (Å²) in [5.41, 5.74) is -0.791. The average Bonchev–Trinajstić information content (AvgIpc) is 2.87. The second-order valence-electron chi connectivity index (χ2n) is 6.24. The van der Waals surface area contributed by atoms with E-state index in [0.717, 1.165) is 38.6 Å². The Balaban J connectivity index is 2.12. The van der Waals surface area contributed by atoms with Crippen molar-refractivity contribution in [1.29, 1.82) is 0 Å². The molecule has 108 valence electrons. The highest BCUT2D eigenvalue weighted by atomic mass is 16.5. The van der Waals surface area contributed by atoms with E-state index in [1.807, 2.05) is 4.90 Å². The lowest BCUT2D eigenvalue weighted by Gasteiger charge is -2.36. The summed E-state index contributed by atoms with van der Waals surface area (Å²) in [5, 5.41) is 0. The van der Waals surface area contributed by atoms with Crippen molar-refractivity contribution in [1.82, 2.24) is 4.90 Å². The fourth-order valence-electron chi connectivity index (χ4n) is 3.31. The summed E-state index contributed by atoms with van der Waals surface area (Å²) >= 11 is 0. The van der Waals surface area contributed by atoms with E-state index < -0.39 is 5.60 Å². The van der Waals surface area contributed by atoms with Crippen LogP contribution in [-0.4, -0.2) is 41.9 Å². The maximum atomic E-state index is 12.5. The summed E-state index contributed by atoms with van der Waals surface area (Å²) in [4.78, 5) is 26.5. The first kappa shape index (κ1) is 14.5. The van der Waals surface area contributed by atoms with Crippen LogP contribution in [0.15, 0.2) is 0 Å². The Morgan fingerprint density at radius 3 is 2.63 bits per heavy atom. The average molecular weight is 267 g/mol. The highest BCUT2D eigenvalue weighted by Gasteiger charge is 2.43. The van der Waals surface area contributed by atoms with E-state index in [9.17, 15) is 9.59 Å². The van der Waals surface area contributed by atoms with Crippen LogP contribution in [0.25, 0.3) is 0 Å². The van der Waals surface area contributed by atoms with E-state index in [-0.39, 0.29) is 17.9 Å². The number of likely N-dealkylation sites (tertiary alicyclic amines) is 1. The zero-order chi connectivity index (χ0) is 14.0. The molecule has 0 spiro atoms. The predicted molar refractivity (Wildman–Crippen MR) is 72.8 cm³/mol. The van der Waals surface area contributed by atoms with Crippen molar-refractivity contribution >= 4 is 11.7 Å². The summed E-state index contributed by atoms with van der Waals surface area (Å²) in [6, 6.07) is 0.106. The Labute approximate surface area is 115 Å². The molecule has 0 radical (unpaired) electrons. The third-order valence-corrected chi connectivity index (χ3v) is 4.65. The van der Waals surface area contributed by atoms with Crippen LogP contribution in [0.3, 0.4) is 0 Å². The molecule has 1 saturated heterocycles. The van der Waals surface area contributed by atoms with Crippen molar-refractivity contribution in [2.24, 2.45) is 5.92 Å². The first-order valence-electron chi connectivity index (χ1n) is 7.36. The molecule has 2 atom stereocenters. The number of hydrogen-bond acceptors (Lipinski definition) is 3. The molecule has 2 aliphatic rings. The Morgan fingerprint density at radius 2 is 2.00 bits per heavy atom. The van der Waals surface area contributed by atoms with Gasteiger partial charge in [0.1, 0.15) is 11.4 Å². The Bertz CT molecular complexity index is 364. The molecule has 0 aromatic heterocycles. The quantitative estimate of drug-likeness (QED) is 0.787. The number of hydrogen-bond donors (Lipinski definition) is 0. The fourth-order valence-corrected chi connectivity index (χ4v) is 3.31. The topological polar surface area (TPSA) is 46.6 Å². The lowest BCUT2D eigenvalue weighted by atomic mass is 9.81. The summed E-state index contributed by atoms with van der Waals surface area (Å²) in [7, 11) is 1.56. The SMILES string of the molecule is COC(C)(C)C(=O)N1CCCC1C1CCCCC1=O. The van der Waals surface area contributed by atoms with Gasteiger partial charge in [-0.05, 0) is 39.5 Å². The molecule has 2 rings (SSSR count). The van der Waals surface area contributed by atoms with Crippen molar-refractivity contribution in [3.05, 3.63) is 0 Å². The third kappa shape index (κ3) is 2.83. The van der Waals surface area contributed by atoms with Gasteiger partial charge in [0, 0.05) is 32.0 Å². The van der Waals surface area contributed by atoms with Crippen LogP contribution in [0, 0.1) is 5.92 Å². The molecule has 4 nitrogen and oxygen atoms in total. The standard InChI is InChI=1S/C15H25NO3/c1-15(2,19-3)14(18)16-10-6-8-12(16)11-7-4-5-9-13(11)17/h11-12H,4-10H2,1-3H3.